The molecule has 1 aromatic carbocycles. The van der Waals surface area contributed by atoms with Gasteiger partial charge in [-0.25, -0.2) is 4.98 Å². The van der Waals surface area contributed by atoms with Gasteiger partial charge in [0.05, 0.1) is 5.10 Å². The summed E-state index contributed by atoms with van der Waals surface area (Å²) in [7, 11) is 3.60. The van der Waals surface area contributed by atoms with Gasteiger partial charge in [0, 0.05) is 20.2 Å². The lowest BCUT2D eigenvalue weighted by molar-refractivity contribution is -0.641. The number of hydrogen-bond donors (Lipinski definition) is 0. The van der Waals surface area contributed by atoms with Crippen LogP contribution in [0.5, 0.6) is 0 Å². The van der Waals surface area contributed by atoms with Crippen LogP contribution in [0.15, 0.2) is 18.2 Å². The number of nitrogens with zero attached hydrogens (tertiary/aromatic N) is 4. The molecular formula is C10H12N4O. The first-order valence-electron chi connectivity index (χ1n) is 4.63. The summed E-state index contributed by atoms with van der Waals surface area (Å²) in [6, 6.07) is 5.53. The van der Waals surface area contributed by atoms with Crippen molar-refractivity contribution in [1.82, 2.24) is 10.1 Å². The van der Waals surface area contributed by atoms with E-state index in [0.717, 1.165) is 5.56 Å². The normalized spacial score (nSPS) is 10.6. The van der Waals surface area contributed by atoms with Crippen LogP contribution in [-0.4, -0.2) is 24.2 Å². The molecular weight excluding hydrogens is 192 g/mol. The van der Waals surface area contributed by atoms with E-state index in [1.165, 1.54) is 0 Å². The van der Waals surface area contributed by atoms with Gasteiger partial charge >= 0.3 is 0 Å². The quantitative estimate of drug-likeness (QED) is 0.505. The molecule has 0 amide bonds. The highest BCUT2D eigenvalue weighted by atomic mass is 16.5. The Morgan fingerprint density at radius 1 is 1.33 bits per heavy atom. The number of aryl methyl sites for hydroxylation is 1. The molecule has 1 aromatic heterocycles. The van der Waals surface area contributed by atoms with Crippen LogP contribution in [0.25, 0.3) is 11.0 Å². The topological polar surface area (TPSA) is 56.0 Å². The average Bonchev–Trinajstić information content (AvgIpc) is 2.18. The zero-order valence-corrected chi connectivity index (χ0v) is 8.93. The number of fused-ring (bicyclic) bond motifs is 1. The zero-order valence-electron chi connectivity index (χ0n) is 8.93. The van der Waals surface area contributed by atoms with Crippen molar-refractivity contribution in [2.24, 2.45) is 0 Å². The number of hydrogen-bond acceptors (Lipinski definition) is 4. The molecule has 0 fully saturated rings. The Hall–Kier alpha value is -1.91. The fourth-order valence-electron chi connectivity index (χ4n) is 1.34. The lowest BCUT2D eigenvalue weighted by Crippen LogP contribution is -2.35. The molecule has 0 bridgehead atoms. The SMILES string of the molecule is Cc1ccc2nc(N(C)C)n[n+]([O-])c2c1. The van der Waals surface area contributed by atoms with Crippen LogP contribution < -0.4 is 9.75 Å². The number of aromatic nitrogens is 3. The second kappa shape index (κ2) is 3.34. The average molecular weight is 204 g/mol. The highest BCUT2D eigenvalue weighted by Gasteiger charge is 2.11. The van der Waals surface area contributed by atoms with E-state index in [4.69, 9.17) is 0 Å². The first-order chi connectivity index (χ1) is 7.08. The van der Waals surface area contributed by atoms with Gasteiger partial charge in [0.1, 0.15) is 5.52 Å². The molecule has 0 atom stereocenters. The van der Waals surface area contributed by atoms with Crippen molar-refractivity contribution >= 4 is 17.0 Å². The van der Waals surface area contributed by atoms with Gasteiger partial charge in [0.25, 0.3) is 11.5 Å². The van der Waals surface area contributed by atoms with Crippen molar-refractivity contribution in [2.75, 3.05) is 19.0 Å². The molecule has 0 spiro atoms. The first kappa shape index (κ1) is 9.64. The minimum absolute atomic E-state index is 0.418. The van der Waals surface area contributed by atoms with Gasteiger partial charge in [-0.15, -0.1) is 0 Å². The van der Waals surface area contributed by atoms with Crippen LogP contribution >= 0.6 is 0 Å². The van der Waals surface area contributed by atoms with Crippen molar-refractivity contribution in [3.63, 3.8) is 0 Å². The van der Waals surface area contributed by atoms with Gasteiger partial charge in [-0.1, -0.05) is 6.07 Å². The Bertz CT molecular complexity index is 510. The maximum absolute atomic E-state index is 11.6. The highest BCUT2D eigenvalue weighted by molar-refractivity contribution is 5.72. The smallest absolute Gasteiger partial charge is 0.292 e. The highest BCUT2D eigenvalue weighted by Crippen LogP contribution is 2.11. The molecule has 5 heteroatoms. The van der Waals surface area contributed by atoms with Gasteiger partial charge in [-0.2, -0.15) is 0 Å². The second-order valence-corrected chi connectivity index (χ2v) is 3.67. The molecule has 0 saturated carbocycles. The van der Waals surface area contributed by atoms with Crippen molar-refractivity contribution in [3.8, 4) is 0 Å². The molecule has 2 aromatic rings. The van der Waals surface area contributed by atoms with Gasteiger partial charge in [0.2, 0.25) is 0 Å². The number of benzene rings is 1. The van der Waals surface area contributed by atoms with E-state index in [2.05, 4.69) is 10.1 Å². The van der Waals surface area contributed by atoms with Crippen LogP contribution in [0.1, 0.15) is 5.56 Å². The summed E-state index contributed by atoms with van der Waals surface area (Å²) in [4.78, 5) is 6.59. The summed E-state index contributed by atoms with van der Waals surface area (Å²) in [6.07, 6.45) is 0. The maximum atomic E-state index is 11.6. The van der Waals surface area contributed by atoms with Crippen LogP contribution in [0.4, 0.5) is 5.95 Å². The predicted octanol–water partition coefficient (Wildman–Crippen LogP) is 0.638. The van der Waals surface area contributed by atoms with Crippen LogP contribution in [0.2, 0.25) is 0 Å². The van der Waals surface area contributed by atoms with Crippen LogP contribution in [0, 0.1) is 12.1 Å². The lowest BCUT2D eigenvalue weighted by atomic mass is 10.2. The fourth-order valence-corrected chi connectivity index (χ4v) is 1.34. The number of rotatable bonds is 1. The van der Waals surface area contributed by atoms with Gasteiger partial charge < -0.3 is 10.1 Å². The Balaban J connectivity index is 2.73. The fraction of sp³-hybridized carbons (Fsp3) is 0.300. The molecule has 0 aliphatic rings. The third-order valence-electron chi connectivity index (χ3n) is 2.14. The lowest BCUT2D eigenvalue weighted by Gasteiger charge is -2.08. The largest absolute Gasteiger partial charge is 0.594 e. The van der Waals surface area contributed by atoms with Gasteiger partial charge in [-0.3, -0.25) is 0 Å². The minimum Gasteiger partial charge on any atom is -0.594 e. The monoisotopic (exact) mass is 204 g/mol. The van der Waals surface area contributed by atoms with E-state index in [0.29, 0.717) is 21.8 Å². The predicted molar refractivity (Wildman–Crippen MR) is 57.6 cm³/mol. The first-order valence-corrected chi connectivity index (χ1v) is 4.63. The van der Waals surface area contributed by atoms with E-state index in [1.54, 1.807) is 25.1 Å². The third-order valence-corrected chi connectivity index (χ3v) is 2.14. The molecule has 0 aliphatic carbocycles. The third kappa shape index (κ3) is 1.68. The summed E-state index contributed by atoms with van der Waals surface area (Å²) in [5.74, 6) is 0.418. The van der Waals surface area contributed by atoms with Gasteiger partial charge in [0.15, 0.2) is 0 Å². The van der Waals surface area contributed by atoms with Crippen molar-refractivity contribution in [3.05, 3.63) is 29.0 Å². The second-order valence-electron chi connectivity index (χ2n) is 3.67. The van der Waals surface area contributed by atoms with E-state index in [9.17, 15) is 5.21 Å². The van der Waals surface area contributed by atoms with E-state index in [-0.39, 0.29) is 0 Å². The maximum Gasteiger partial charge on any atom is 0.292 e. The van der Waals surface area contributed by atoms with Crippen molar-refractivity contribution in [2.45, 2.75) is 6.92 Å². The minimum atomic E-state index is 0.418. The molecule has 0 radical (unpaired) electrons. The van der Waals surface area contributed by atoms with Crippen LogP contribution in [0.3, 0.4) is 0 Å². The number of anilines is 1. The standard InChI is InChI=1S/C10H12N4O/c1-7-4-5-8-9(6-7)14(15)12-10(11-8)13(2)3/h4-6H,1-3H3. The molecule has 0 N–H and O–H groups in total. The van der Waals surface area contributed by atoms with Crippen molar-refractivity contribution < 1.29 is 4.85 Å². The molecule has 0 unspecified atom stereocenters. The van der Waals surface area contributed by atoms with E-state index < -0.39 is 0 Å². The summed E-state index contributed by atoms with van der Waals surface area (Å²) in [5, 5.41) is 15.4. The Morgan fingerprint density at radius 3 is 2.73 bits per heavy atom. The van der Waals surface area contributed by atoms with Gasteiger partial charge in [-0.05, 0) is 23.4 Å². The molecule has 15 heavy (non-hydrogen) atoms. The molecule has 1 heterocycles. The Kier molecular flexibility index (Phi) is 2.15. The Labute approximate surface area is 87.6 Å². The summed E-state index contributed by atoms with van der Waals surface area (Å²) < 4.78 is 0. The molecule has 2 rings (SSSR count). The Morgan fingerprint density at radius 2 is 2.07 bits per heavy atom. The zero-order chi connectivity index (χ0) is 11.0. The van der Waals surface area contributed by atoms with E-state index in [1.807, 2.05) is 19.1 Å². The summed E-state index contributed by atoms with van der Waals surface area (Å²) >= 11 is 0. The van der Waals surface area contributed by atoms with Crippen LogP contribution in [-0.2, 0) is 0 Å². The summed E-state index contributed by atoms with van der Waals surface area (Å²) in [5.41, 5.74) is 2.18. The summed E-state index contributed by atoms with van der Waals surface area (Å²) in [6.45, 7) is 1.93. The molecule has 0 aliphatic heterocycles. The molecule has 5 nitrogen and oxygen atoms in total. The van der Waals surface area contributed by atoms with E-state index >= 15 is 0 Å². The van der Waals surface area contributed by atoms with Crippen molar-refractivity contribution in [1.29, 1.82) is 0 Å². The molecule has 78 valence electrons. The molecule has 0 saturated heterocycles.